The van der Waals surface area contributed by atoms with E-state index < -0.39 is 5.91 Å². The van der Waals surface area contributed by atoms with Crippen molar-refractivity contribution in [2.24, 2.45) is 5.73 Å². The Hall–Kier alpha value is -2.43. The third-order valence-electron chi connectivity index (χ3n) is 3.40. The Morgan fingerprint density at radius 2 is 1.95 bits per heavy atom. The van der Waals surface area contributed by atoms with Crippen LogP contribution in [0.1, 0.15) is 43.4 Å². The molecule has 1 amide bonds. The second-order valence-corrected chi connectivity index (χ2v) is 5.43. The SMILES string of the molecule is CCn1nc(-c2ccc(C(N)=O)cc2)nc1CCC=C(C)C. The van der Waals surface area contributed by atoms with E-state index in [4.69, 9.17) is 5.73 Å². The molecule has 5 heteroatoms. The van der Waals surface area contributed by atoms with Crippen LogP contribution < -0.4 is 5.73 Å². The molecule has 1 heterocycles. The van der Waals surface area contributed by atoms with Gasteiger partial charge in [0.25, 0.3) is 0 Å². The number of hydrogen-bond donors (Lipinski definition) is 1. The minimum atomic E-state index is -0.430. The van der Waals surface area contributed by atoms with Gasteiger partial charge in [0.2, 0.25) is 5.91 Å². The fourth-order valence-corrected chi connectivity index (χ4v) is 2.21. The summed E-state index contributed by atoms with van der Waals surface area (Å²) in [5.74, 6) is 1.24. The topological polar surface area (TPSA) is 73.8 Å². The summed E-state index contributed by atoms with van der Waals surface area (Å²) in [6, 6.07) is 7.06. The maximum Gasteiger partial charge on any atom is 0.248 e. The molecule has 1 aromatic heterocycles. The van der Waals surface area contributed by atoms with E-state index in [1.54, 1.807) is 12.1 Å². The molecule has 0 aliphatic heterocycles. The van der Waals surface area contributed by atoms with Crippen LogP contribution in [0.5, 0.6) is 0 Å². The first-order valence-corrected chi connectivity index (χ1v) is 7.48. The summed E-state index contributed by atoms with van der Waals surface area (Å²) in [5, 5.41) is 4.54. The molecule has 2 aromatic rings. The molecule has 0 spiro atoms. The lowest BCUT2D eigenvalue weighted by Crippen LogP contribution is -2.10. The highest BCUT2D eigenvalue weighted by Gasteiger charge is 2.10. The van der Waals surface area contributed by atoms with Crippen LogP contribution >= 0.6 is 0 Å². The van der Waals surface area contributed by atoms with Crippen LogP contribution in [0, 0.1) is 0 Å². The molecule has 0 saturated carbocycles. The molecule has 0 radical (unpaired) electrons. The van der Waals surface area contributed by atoms with Crippen LogP contribution in [-0.2, 0) is 13.0 Å². The Morgan fingerprint density at radius 1 is 1.27 bits per heavy atom. The fraction of sp³-hybridized carbons (Fsp3) is 0.353. The minimum Gasteiger partial charge on any atom is -0.366 e. The van der Waals surface area contributed by atoms with Gasteiger partial charge in [-0.05, 0) is 39.3 Å². The first kappa shape index (κ1) is 15.9. The zero-order valence-corrected chi connectivity index (χ0v) is 13.3. The third kappa shape index (κ3) is 3.81. The minimum absolute atomic E-state index is 0.430. The number of aryl methyl sites for hydroxylation is 2. The van der Waals surface area contributed by atoms with Crippen molar-refractivity contribution >= 4 is 5.91 Å². The largest absolute Gasteiger partial charge is 0.366 e. The lowest BCUT2D eigenvalue weighted by molar-refractivity contribution is 0.100. The molecule has 0 fully saturated rings. The summed E-state index contributed by atoms with van der Waals surface area (Å²) in [4.78, 5) is 15.7. The maximum absolute atomic E-state index is 11.1. The van der Waals surface area contributed by atoms with Gasteiger partial charge in [0.05, 0.1) is 0 Å². The molecule has 0 aliphatic carbocycles. The highest BCUT2D eigenvalue weighted by atomic mass is 16.1. The van der Waals surface area contributed by atoms with Crippen LogP contribution in [0.4, 0.5) is 0 Å². The van der Waals surface area contributed by atoms with Gasteiger partial charge in [-0.25, -0.2) is 9.67 Å². The van der Waals surface area contributed by atoms with Crippen molar-refractivity contribution in [3.05, 3.63) is 47.3 Å². The Balaban J connectivity index is 2.22. The summed E-state index contributed by atoms with van der Waals surface area (Å²) >= 11 is 0. The van der Waals surface area contributed by atoms with Crippen LogP contribution in [-0.4, -0.2) is 20.7 Å². The van der Waals surface area contributed by atoms with Gasteiger partial charge in [-0.3, -0.25) is 4.79 Å². The standard InChI is InChI=1S/C17H22N4O/c1-4-21-15(7-5-6-12(2)3)19-17(20-21)14-10-8-13(9-11-14)16(18)22/h6,8-11H,4-5,7H2,1-3H3,(H2,18,22). The molecule has 1 aromatic carbocycles. The zero-order chi connectivity index (χ0) is 16.1. The number of aromatic nitrogens is 3. The molecule has 5 nitrogen and oxygen atoms in total. The number of hydrogen-bond acceptors (Lipinski definition) is 3. The lowest BCUT2D eigenvalue weighted by atomic mass is 10.1. The van der Waals surface area contributed by atoms with Gasteiger partial charge in [0.15, 0.2) is 5.82 Å². The van der Waals surface area contributed by atoms with Crippen molar-refractivity contribution in [3.63, 3.8) is 0 Å². The number of nitrogens with two attached hydrogens (primary N) is 1. The van der Waals surface area contributed by atoms with Gasteiger partial charge in [-0.2, -0.15) is 5.10 Å². The Labute approximate surface area is 130 Å². The van der Waals surface area contributed by atoms with Crippen LogP contribution in [0.15, 0.2) is 35.9 Å². The van der Waals surface area contributed by atoms with E-state index in [2.05, 4.69) is 36.9 Å². The van der Waals surface area contributed by atoms with Gasteiger partial charge < -0.3 is 5.73 Å². The summed E-state index contributed by atoms with van der Waals surface area (Å²) in [6.45, 7) is 7.03. The quantitative estimate of drug-likeness (QED) is 0.833. The Kier molecular flexibility index (Phi) is 5.09. The van der Waals surface area contributed by atoms with Crippen molar-refractivity contribution in [2.45, 2.75) is 40.2 Å². The summed E-state index contributed by atoms with van der Waals surface area (Å²) in [6.07, 6.45) is 4.03. The van der Waals surface area contributed by atoms with Gasteiger partial charge >= 0.3 is 0 Å². The number of primary amides is 1. The number of carbonyl (C=O) groups excluding carboxylic acids is 1. The van der Waals surface area contributed by atoms with Crippen LogP contribution in [0.3, 0.4) is 0 Å². The predicted molar refractivity (Wildman–Crippen MR) is 87.4 cm³/mol. The van der Waals surface area contributed by atoms with E-state index in [1.807, 2.05) is 16.8 Å². The van der Waals surface area contributed by atoms with Crippen LogP contribution in [0.25, 0.3) is 11.4 Å². The molecule has 2 rings (SSSR count). The molecule has 116 valence electrons. The number of carbonyl (C=O) groups is 1. The van der Waals surface area contributed by atoms with Gasteiger partial charge in [0.1, 0.15) is 5.82 Å². The second kappa shape index (κ2) is 7.02. The van der Waals surface area contributed by atoms with Crippen LogP contribution in [0.2, 0.25) is 0 Å². The molecule has 0 atom stereocenters. The lowest BCUT2D eigenvalue weighted by Gasteiger charge is -2.00. The molecule has 0 unspecified atom stereocenters. The van der Waals surface area contributed by atoms with Gasteiger partial charge in [0, 0.05) is 24.1 Å². The first-order valence-electron chi connectivity index (χ1n) is 7.48. The highest BCUT2D eigenvalue weighted by Crippen LogP contribution is 2.17. The smallest absolute Gasteiger partial charge is 0.248 e. The van der Waals surface area contributed by atoms with Crippen molar-refractivity contribution in [2.75, 3.05) is 0 Å². The van der Waals surface area contributed by atoms with Crippen molar-refractivity contribution in [3.8, 4) is 11.4 Å². The van der Waals surface area contributed by atoms with E-state index in [9.17, 15) is 4.79 Å². The van der Waals surface area contributed by atoms with Crippen molar-refractivity contribution < 1.29 is 4.79 Å². The van der Waals surface area contributed by atoms with E-state index in [1.165, 1.54) is 5.57 Å². The summed E-state index contributed by atoms with van der Waals surface area (Å²) in [5.41, 5.74) is 7.94. The van der Waals surface area contributed by atoms with Gasteiger partial charge in [-0.15, -0.1) is 0 Å². The molecule has 0 bridgehead atoms. The molecular formula is C17H22N4O. The monoisotopic (exact) mass is 298 g/mol. The molecule has 0 saturated heterocycles. The first-order chi connectivity index (χ1) is 10.5. The Morgan fingerprint density at radius 3 is 2.50 bits per heavy atom. The predicted octanol–water partition coefficient (Wildman–Crippen LogP) is 2.96. The fourth-order valence-electron chi connectivity index (χ4n) is 2.21. The number of allylic oxidation sites excluding steroid dienone is 2. The van der Waals surface area contributed by atoms with E-state index in [-0.39, 0.29) is 0 Å². The number of amides is 1. The number of nitrogens with zero attached hydrogens (tertiary/aromatic N) is 3. The van der Waals surface area contributed by atoms with E-state index in [0.717, 1.165) is 30.8 Å². The molecule has 2 N–H and O–H groups in total. The third-order valence-corrected chi connectivity index (χ3v) is 3.40. The van der Waals surface area contributed by atoms with E-state index in [0.29, 0.717) is 11.4 Å². The van der Waals surface area contributed by atoms with E-state index >= 15 is 0 Å². The zero-order valence-electron chi connectivity index (χ0n) is 13.3. The number of benzene rings is 1. The summed E-state index contributed by atoms with van der Waals surface area (Å²) < 4.78 is 1.93. The average molecular weight is 298 g/mol. The molecule has 0 aliphatic rings. The average Bonchev–Trinajstić information content (AvgIpc) is 2.90. The summed E-state index contributed by atoms with van der Waals surface area (Å²) in [7, 11) is 0. The maximum atomic E-state index is 11.1. The Bertz CT molecular complexity index is 679. The van der Waals surface area contributed by atoms with Crippen molar-refractivity contribution in [1.29, 1.82) is 0 Å². The van der Waals surface area contributed by atoms with Crippen molar-refractivity contribution in [1.82, 2.24) is 14.8 Å². The molecule has 22 heavy (non-hydrogen) atoms. The normalized spacial score (nSPS) is 10.5. The van der Waals surface area contributed by atoms with Gasteiger partial charge in [-0.1, -0.05) is 23.8 Å². The number of rotatable bonds is 6. The molecular weight excluding hydrogens is 276 g/mol. The second-order valence-electron chi connectivity index (χ2n) is 5.43. The highest BCUT2D eigenvalue weighted by molar-refractivity contribution is 5.93.